The van der Waals surface area contributed by atoms with E-state index in [4.69, 9.17) is 5.73 Å². The first-order chi connectivity index (χ1) is 7.70. The second kappa shape index (κ2) is 4.80. The number of halogens is 1. The zero-order chi connectivity index (χ0) is 11.5. The maximum absolute atomic E-state index is 5.60. The van der Waals surface area contributed by atoms with E-state index in [1.165, 1.54) is 0 Å². The molecule has 0 fully saturated rings. The molecule has 0 aliphatic rings. The van der Waals surface area contributed by atoms with E-state index in [1.807, 2.05) is 18.2 Å². The molecule has 0 saturated carbocycles. The van der Waals surface area contributed by atoms with E-state index in [2.05, 4.69) is 39.2 Å². The summed E-state index contributed by atoms with van der Waals surface area (Å²) < 4.78 is 1.04. The summed E-state index contributed by atoms with van der Waals surface area (Å²) in [6.07, 6.45) is 1.81. The molecule has 1 aromatic carbocycles. The highest BCUT2D eigenvalue weighted by Gasteiger charge is 2.04. The van der Waals surface area contributed by atoms with Gasteiger partial charge in [0.05, 0.1) is 5.52 Å². The summed E-state index contributed by atoms with van der Waals surface area (Å²) in [5, 5.41) is 4.49. The van der Waals surface area contributed by atoms with Gasteiger partial charge in [-0.15, -0.1) is 0 Å². The van der Waals surface area contributed by atoms with Crippen LogP contribution in [0.1, 0.15) is 6.92 Å². The number of benzene rings is 1. The summed E-state index contributed by atoms with van der Waals surface area (Å²) >= 11 is 3.44. The molecule has 0 aliphatic heterocycles. The number of anilines is 1. The highest BCUT2D eigenvalue weighted by molar-refractivity contribution is 9.10. The fourth-order valence-electron chi connectivity index (χ4n) is 1.57. The first-order valence-electron chi connectivity index (χ1n) is 5.21. The average Bonchev–Trinajstić information content (AvgIpc) is 2.28. The first kappa shape index (κ1) is 11.4. The van der Waals surface area contributed by atoms with Crippen LogP contribution < -0.4 is 11.1 Å². The largest absolute Gasteiger partial charge is 0.381 e. The highest BCUT2D eigenvalue weighted by Crippen LogP contribution is 2.24. The smallest absolute Gasteiger partial charge is 0.0733 e. The Hall–Kier alpha value is -1.13. The van der Waals surface area contributed by atoms with E-state index in [1.54, 1.807) is 6.20 Å². The maximum Gasteiger partial charge on any atom is 0.0733 e. The Morgan fingerprint density at radius 3 is 3.00 bits per heavy atom. The van der Waals surface area contributed by atoms with Crippen molar-refractivity contribution in [3.63, 3.8) is 0 Å². The minimum atomic E-state index is 0.259. The molecule has 1 heterocycles. The van der Waals surface area contributed by atoms with Gasteiger partial charge >= 0.3 is 0 Å². The van der Waals surface area contributed by atoms with E-state index in [-0.39, 0.29) is 6.04 Å². The second-order valence-corrected chi connectivity index (χ2v) is 4.72. The Labute approximate surface area is 103 Å². The van der Waals surface area contributed by atoms with Gasteiger partial charge < -0.3 is 11.1 Å². The van der Waals surface area contributed by atoms with Gasteiger partial charge in [0.15, 0.2) is 0 Å². The van der Waals surface area contributed by atoms with Gasteiger partial charge in [-0.3, -0.25) is 4.98 Å². The maximum atomic E-state index is 5.60. The van der Waals surface area contributed by atoms with Gasteiger partial charge in [0, 0.05) is 34.3 Å². The molecule has 3 nitrogen and oxygen atoms in total. The third-order valence-electron chi connectivity index (χ3n) is 2.46. The van der Waals surface area contributed by atoms with Crippen LogP contribution in [0.5, 0.6) is 0 Å². The zero-order valence-corrected chi connectivity index (χ0v) is 10.7. The average molecular weight is 280 g/mol. The lowest BCUT2D eigenvalue weighted by molar-refractivity contribution is 0.805. The lowest BCUT2D eigenvalue weighted by atomic mass is 10.1. The van der Waals surface area contributed by atoms with E-state index in [0.717, 1.165) is 21.1 Å². The molecule has 0 aliphatic carbocycles. The topological polar surface area (TPSA) is 50.9 Å². The van der Waals surface area contributed by atoms with Crippen molar-refractivity contribution in [1.29, 1.82) is 0 Å². The quantitative estimate of drug-likeness (QED) is 0.909. The number of aromatic nitrogens is 1. The van der Waals surface area contributed by atoms with E-state index in [0.29, 0.717) is 6.54 Å². The SMILES string of the molecule is CC(CN)Nc1ccnc2cc(Br)ccc12. The Kier molecular flexibility index (Phi) is 3.41. The van der Waals surface area contributed by atoms with Crippen LogP contribution in [0.15, 0.2) is 34.9 Å². The lowest BCUT2D eigenvalue weighted by Gasteiger charge is -2.14. The number of hydrogen-bond donors (Lipinski definition) is 2. The van der Waals surface area contributed by atoms with Crippen molar-refractivity contribution in [2.75, 3.05) is 11.9 Å². The highest BCUT2D eigenvalue weighted by atomic mass is 79.9. The van der Waals surface area contributed by atoms with Gasteiger partial charge in [0.1, 0.15) is 0 Å². The van der Waals surface area contributed by atoms with Gasteiger partial charge in [-0.05, 0) is 31.2 Å². The van der Waals surface area contributed by atoms with Crippen LogP contribution in [0.4, 0.5) is 5.69 Å². The van der Waals surface area contributed by atoms with Crippen molar-refractivity contribution in [1.82, 2.24) is 4.98 Å². The van der Waals surface area contributed by atoms with Crippen LogP contribution >= 0.6 is 15.9 Å². The molecule has 1 atom stereocenters. The van der Waals surface area contributed by atoms with Crippen LogP contribution in [0.25, 0.3) is 10.9 Å². The molecule has 2 rings (SSSR count). The zero-order valence-electron chi connectivity index (χ0n) is 9.07. The van der Waals surface area contributed by atoms with Gasteiger partial charge in [0.25, 0.3) is 0 Å². The molecule has 0 spiro atoms. The number of nitrogens with one attached hydrogen (secondary N) is 1. The molecular formula is C12H14BrN3. The third kappa shape index (κ3) is 2.33. The number of fused-ring (bicyclic) bond motifs is 1. The van der Waals surface area contributed by atoms with E-state index in [9.17, 15) is 0 Å². The Bertz CT molecular complexity index is 499. The molecule has 4 heteroatoms. The van der Waals surface area contributed by atoms with Crippen LogP contribution in [-0.4, -0.2) is 17.6 Å². The molecule has 3 N–H and O–H groups in total. The second-order valence-electron chi connectivity index (χ2n) is 3.80. The number of rotatable bonds is 3. The molecule has 0 radical (unpaired) electrons. The standard InChI is InChI=1S/C12H14BrN3/c1-8(7-14)16-11-4-5-15-12-6-9(13)2-3-10(11)12/h2-6,8H,7,14H2,1H3,(H,15,16). The third-order valence-corrected chi connectivity index (χ3v) is 2.95. The normalized spacial score (nSPS) is 12.7. The number of nitrogens with zero attached hydrogens (tertiary/aromatic N) is 1. The summed E-state index contributed by atoms with van der Waals surface area (Å²) in [5.74, 6) is 0. The van der Waals surface area contributed by atoms with Crippen LogP contribution in [-0.2, 0) is 0 Å². The first-order valence-corrected chi connectivity index (χ1v) is 6.01. The Morgan fingerprint density at radius 2 is 2.25 bits per heavy atom. The fourth-order valence-corrected chi connectivity index (χ4v) is 1.92. The molecule has 16 heavy (non-hydrogen) atoms. The lowest BCUT2D eigenvalue weighted by Crippen LogP contribution is -2.25. The number of pyridine rings is 1. The molecule has 0 amide bonds. The Balaban J connectivity index is 2.45. The monoisotopic (exact) mass is 279 g/mol. The van der Waals surface area contributed by atoms with Gasteiger partial charge in [0.2, 0.25) is 0 Å². The summed E-state index contributed by atoms with van der Waals surface area (Å²) in [5.41, 5.74) is 7.66. The van der Waals surface area contributed by atoms with Crippen molar-refractivity contribution in [3.8, 4) is 0 Å². The molecule has 0 saturated heterocycles. The molecule has 1 aromatic heterocycles. The minimum Gasteiger partial charge on any atom is -0.381 e. The molecule has 0 bridgehead atoms. The van der Waals surface area contributed by atoms with Gasteiger partial charge in [-0.1, -0.05) is 15.9 Å². The van der Waals surface area contributed by atoms with Crippen molar-refractivity contribution in [2.24, 2.45) is 5.73 Å². The summed E-state index contributed by atoms with van der Waals surface area (Å²) in [4.78, 5) is 4.33. The van der Waals surface area contributed by atoms with Gasteiger partial charge in [-0.2, -0.15) is 0 Å². The van der Waals surface area contributed by atoms with Crippen LogP contribution in [0.2, 0.25) is 0 Å². The van der Waals surface area contributed by atoms with Gasteiger partial charge in [-0.25, -0.2) is 0 Å². The van der Waals surface area contributed by atoms with E-state index < -0.39 is 0 Å². The molecule has 1 unspecified atom stereocenters. The van der Waals surface area contributed by atoms with E-state index >= 15 is 0 Å². The van der Waals surface area contributed by atoms with Crippen molar-refractivity contribution in [3.05, 3.63) is 34.9 Å². The fraction of sp³-hybridized carbons (Fsp3) is 0.250. The van der Waals surface area contributed by atoms with Crippen LogP contribution in [0, 0.1) is 0 Å². The minimum absolute atomic E-state index is 0.259. The molecule has 84 valence electrons. The van der Waals surface area contributed by atoms with Crippen molar-refractivity contribution in [2.45, 2.75) is 13.0 Å². The number of nitrogens with two attached hydrogens (primary N) is 1. The summed E-state index contributed by atoms with van der Waals surface area (Å²) in [7, 11) is 0. The van der Waals surface area contributed by atoms with Crippen molar-refractivity contribution >= 4 is 32.5 Å². The summed E-state index contributed by atoms with van der Waals surface area (Å²) in [6.45, 7) is 2.67. The number of hydrogen-bond acceptors (Lipinski definition) is 3. The Morgan fingerprint density at radius 1 is 1.44 bits per heavy atom. The predicted octanol–water partition coefficient (Wildman–Crippen LogP) is 2.76. The molecular weight excluding hydrogens is 266 g/mol. The summed E-state index contributed by atoms with van der Waals surface area (Å²) in [6, 6.07) is 8.31. The predicted molar refractivity (Wildman–Crippen MR) is 71.6 cm³/mol. The van der Waals surface area contributed by atoms with Crippen LogP contribution in [0.3, 0.4) is 0 Å². The molecule has 2 aromatic rings. The van der Waals surface area contributed by atoms with Crippen molar-refractivity contribution < 1.29 is 0 Å².